The van der Waals surface area contributed by atoms with E-state index in [1.54, 1.807) is 0 Å². The van der Waals surface area contributed by atoms with Crippen molar-refractivity contribution in [2.24, 2.45) is 0 Å². The van der Waals surface area contributed by atoms with Crippen LogP contribution in [0, 0.1) is 0 Å². The lowest BCUT2D eigenvalue weighted by Gasteiger charge is -2.57. The fourth-order valence-corrected chi connectivity index (χ4v) is 6.52. The molecule has 0 atom stereocenters. The summed E-state index contributed by atoms with van der Waals surface area (Å²) in [5.74, 6) is -1.25. The molecule has 2 aliphatic rings. The van der Waals surface area contributed by atoms with Crippen LogP contribution in [0.2, 0.25) is 0 Å². The molecular formula is C31H55N3O6. The highest BCUT2D eigenvalue weighted by Crippen LogP contribution is 2.45. The van der Waals surface area contributed by atoms with Gasteiger partial charge in [0, 0.05) is 11.1 Å². The maximum atomic E-state index is 13.6. The molecule has 3 amide bonds. The van der Waals surface area contributed by atoms with Gasteiger partial charge in [-0.25, -0.2) is 4.79 Å². The number of piperidine rings is 1. The largest absolute Gasteiger partial charge is 0.465 e. The van der Waals surface area contributed by atoms with Crippen molar-refractivity contribution in [3.63, 3.8) is 0 Å². The van der Waals surface area contributed by atoms with Crippen LogP contribution in [-0.2, 0) is 23.9 Å². The predicted molar refractivity (Wildman–Crippen MR) is 156 cm³/mol. The summed E-state index contributed by atoms with van der Waals surface area (Å²) in [6.45, 7) is 12.7. The number of carbonyl (C=O) groups excluding carboxylic acids is 4. The van der Waals surface area contributed by atoms with Gasteiger partial charge in [0.15, 0.2) is 0 Å². The molecule has 0 aliphatic carbocycles. The molecule has 2 rings (SSSR count). The molecular weight excluding hydrogens is 510 g/mol. The van der Waals surface area contributed by atoms with Gasteiger partial charge in [0.1, 0.15) is 12.1 Å². The highest BCUT2D eigenvalue weighted by molar-refractivity contribution is 6.09. The van der Waals surface area contributed by atoms with Crippen LogP contribution in [0.1, 0.15) is 131 Å². The topological polar surface area (TPSA) is 105 Å². The SMILES string of the molecule is CCCCCCCCOC(=O)CN1C(=O)NC2(CC(C)(C)N(CC(=O)OCCCCCCCC)C(C)(C)C2)C1=O. The Morgan fingerprint density at radius 3 is 1.60 bits per heavy atom. The Morgan fingerprint density at radius 1 is 0.700 bits per heavy atom. The average molecular weight is 566 g/mol. The summed E-state index contributed by atoms with van der Waals surface area (Å²) in [7, 11) is 0. The minimum absolute atomic E-state index is 0.114. The van der Waals surface area contributed by atoms with Crippen molar-refractivity contribution < 1.29 is 28.7 Å². The van der Waals surface area contributed by atoms with Gasteiger partial charge in [-0.3, -0.25) is 24.2 Å². The number of hydrogen-bond donors (Lipinski definition) is 1. The summed E-state index contributed by atoms with van der Waals surface area (Å²) in [6, 6.07) is -0.570. The number of nitrogens with one attached hydrogen (secondary N) is 1. The first-order valence-electron chi connectivity index (χ1n) is 15.6. The Labute approximate surface area is 242 Å². The molecule has 0 bridgehead atoms. The molecule has 0 unspecified atom stereocenters. The fourth-order valence-electron chi connectivity index (χ4n) is 6.52. The van der Waals surface area contributed by atoms with Crippen LogP contribution in [0.3, 0.4) is 0 Å². The lowest BCUT2D eigenvalue weighted by atomic mass is 9.69. The molecule has 2 aliphatic heterocycles. The number of esters is 2. The average Bonchev–Trinajstić information content (AvgIpc) is 3.07. The molecule has 40 heavy (non-hydrogen) atoms. The lowest BCUT2D eigenvalue weighted by molar-refractivity contribution is -0.157. The molecule has 0 aromatic rings. The number of urea groups is 1. The minimum atomic E-state index is -1.14. The van der Waals surface area contributed by atoms with Gasteiger partial charge in [0.2, 0.25) is 0 Å². The highest BCUT2D eigenvalue weighted by Gasteiger charge is 2.61. The quantitative estimate of drug-likeness (QED) is 0.128. The zero-order valence-corrected chi connectivity index (χ0v) is 26.1. The monoisotopic (exact) mass is 565 g/mol. The van der Waals surface area contributed by atoms with Crippen molar-refractivity contribution in [2.75, 3.05) is 26.3 Å². The molecule has 2 saturated heterocycles. The predicted octanol–water partition coefficient (Wildman–Crippen LogP) is 5.74. The summed E-state index contributed by atoms with van der Waals surface area (Å²) in [5.41, 5.74) is -2.31. The lowest BCUT2D eigenvalue weighted by Crippen LogP contribution is -2.70. The maximum absolute atomic E-state index is 13.6. The van der Waals surface area contributed by atoms with E-state index in [4.69, 9.17) is 9.47 Å². The van der Waals surface area contributed by atoms with Gasteiger partial charge in [-0.15, -0.1) is 0 Å². The third-order valence-electron chi connectivity index (χ3n) is 8.27. The van der Waals surface area contributed by atoms with Gasteiger partial charge in [-0.2, -0.15) is 0 Å². The van der Waals surface area contributed by atoms with Crippen LogP contribution in [0.5, 0.6) is 0 Å². The first-order chi connectivity index (χ1) is 18.9. The van der Waals surface area contributed by atoms with E-state index < -0.39 is 41.1 Å². The normalized spacial score (nSPS) is 19.6. The van der Waals surface area contributed by atoms with Gasteiger partial charge >= 0.3 is 18.0 Å². The summed E-state index contributed by atoms with van der Waals surface area (Å²) < 4.78 is 10.9. The van der Waals surface area contributed by atoms with Crippen LogP contribution in [0.4, 0.5) is 4.79 Å². The Bertz CT molecular complexity index is 838. The second-order valence-corrected chi connectivity index (χ2v) is 12.9. The zero-order chi connectivity index (χ0) is 29.8. The third-order valence-corrected chi connectivity index (χ3v) is 8.27. The third kappa shape index (κ3) is 9.74. The number of ether oxygens (including phenoxy) is 2. The number of nitrogens with zero attached hydrogens (tertiary/aromatic N) is 2. The summed E-state index contributed by atoms with van der Waals surface area (Å²) in [5, 5.41) is 2.91. The van der Waals surface area contributed by atoms with Crippen molar-refractivity contribution in [1.29, 1.82) is 0 Å². The highest BCUT2D eigenvalue weighted by atomic mass is 16.5. The second-order valence-electron chi connectivity index (χ2n) is 12.9. The number of unbranched alkanes of at least 4 members (excludes halogenated alkanes) is 10. The van der Waals surface area contributed by atoms with Crippen LogP contribution in [-0.4, -0.2) is 76.6 Å². The van der Waals surface area contributed by atoms with Gasteiger partial charge in [-0.1, -0.05) is 78.1 Å². The van der Waals surface area contributed by atoms with Crippen molar-refractivity contribution in [3.8, 4) is 0 Å². The van der Waals surface area contributed by atoms with Crippen molar-refractivity contribution in [2.45, 2.75) is 148 Å². The van der Waals surface area contributed by atoms with E-state index in [0.717, 1.165) is 43.4 Å². The number of rotatable bonds is 18. The number of hydrogen-bond acceptors (Lipinski definition) is 7. The van der Waals surface area contributed by atoms with Gasteiger partial charge in [0.25, 0.3) is 5.91 Å². The number of imide groups is 1. The molecule has 9 nitrogen and oxygen atoms in total. The minimum Gasteiger partial charge on any atom is -0.465 e. The number of likely N-dealkylation sites (tertiary alicyclic amines) is 1. The molecule has 1 N–H and O–H groups in total. The van der Waals surface area contributed by atoms with E-state index in [1.165, 1.54) is 38.5 Å². The van der Waals surface area contributed by atoms with Crippen LogP contribution in [0.15, 0.2) is 0 Å². The van der Waals surface area contributed by atoms with Gasteiger partial charge in [0.05, 0.1) is 19.8 Å². The summed E-state index contributed by atoms with van der Waals surface area (Å²) >= 11 is 0. The Balaban J connectivity index is 1.90. The van der Waals surface area contributed by atoms with Crippen molar-refractivity contribution in [3.05, 3.63) is 0 Å². The molecule has 2 heterocycles. The Kier molecular flexibility index (Phi) is 13.4. The van der Waals surface area contributed by atoms with E-state index >= 15 is 0 Å². The first-order valence-corrected chi connectivity index (χ1v) is 15.6. The van der Waals surface area contributed by atoms with E-state index in [1.807, 2.05) is 27.7 Å². The maximum Gasteiger partial charge on any atom is 0.326 e. The Hall–Kier alpha value is -2.16. The van der Waals surface area contributed by atoms with Crippen molar-refractivity contribution in [1.82, 2.24) is 15.1 Å². The zero-order valence-electron chi connectivity index (χ0n) is 26.1. The van der Waals surface area contributed by atoms with E-state index in [-0.39, 0.29) is 12.5 Å². The second kappa shape index (κ2) is 15.7. The molecule has 0 aromatic heterocycles. The van der Waals surface area contributed by atoms with E-state index in [2.05, 4.69) is 24.1 Å². The van der Waals surface area contributed by atoms with Crippen LogP contribution in [0.25, 0.3) is 0 Å². The van der Waals surface area contributed by atoms with Gasteiger partial charge < -0.3 is 14.8 Å². The van der Waals surface area contributed by atoms with E-state index in [9.17, 15) is 19.2 Å². The molecule has 0 aromatic carbocycles. The number of carbonyl (C=O) groups is 4. The van der Waals surface area contributed by atoms with E-state index in [0.29, 0.717) is 26.1 Å². The van der Waals surface area contributed by atoms with Gasteiger partial charge in [-0.05, 0) is 53.4 Å². The standard InChI is InChI=1S/C31H55N3O6/c1-7-9-11-13-15-17-19-39-25(35)21-33-27(37)31(32-28(33)38)23-29(3,4)34(30(5,6)24-31)22-26(36)40-20-18-16-14-12-10-8-2/h7-24H2,1-6H3,(H,32,38). The van der Waals surface area contributed by atoms with Crippen LogP contribution < -0.4 is 5.32 Å². The first kappa shape index (κ1) is 34.0. The molecule has 0 saturated carbocycles. The molecule has 9 heteroatoms. The number of amides is 3. The summed E-state index contributed by atoms with van der Waals surface area (Å²) in [6.07, 6.45) is 13.8. The summed E-state index contributed by atoms with van der Waals surface area (Å²) in [4.78, 5) is 54.7. The molecule has 230 valence electrons. The molecule has 1 spiro atoms. The molecule has 0 radical (unpaired) electrons. The smallest absolute Gasteiger partial charge is 0.326 e. The van der Waals surface area contributed by atoms with Crippen LogP contribution >= 0.6 is 0 Å². The van der Waals surface area contributed by atoms with Crippen molar-refractivity contribution >= 4 is 23.9 Å². The fraction of sp³-hybridized carbons (Fsp3) is 0.871. The Morgan fingerprint density at radius 2 is 1.12 bits per heavy atom. The molecule has 2 fully saturated rings.